The molecule has 0 bridgehead atoms. The van der Waals surface area contributed by atoms with Gasteiger partial charge in [0.25, 0.3) is 15.6 Å². The quantitative estimate of drug-likeness (QED) is 0.335. The van der Waals surface area contributed by atoms with Gasteiger partial charge >= 0.3 is 0 Å². The molecule has 12 heteroatoms. The van der Waals surface area contributed by atoms with Crippen LogP contribution in [0, 0.1) is 11.6 Å². The van der Waals surface area contributed by atoms with E-state index in [4.69, 9.17) is 10.5 Å². The lowest BCUT2D eigenvalue weighted by Gasteiger charge is -2.14. The van der Waals surface area contributed by atoms with Crippen molar-refractivity contribution in [3.63, 3.8) is 0 Å². The summed E-state index contributed by atoms with van der Waals surface area (Å²) >= 11 is 0. The number of sulfonamides is 1. The highest BCUT2D eigenvalue weighted by Gasteiger charge is 2.24. The smallest absolute Gasteiger partial charge is 0.267 e. The maximum Gasteiger partial charge on any atom is 0.267 e. The number of para-hydroxylation sites is 1. The number of fused-ring (bicyclic) bond motifs is 1. The summed E-state index contributed by atoms with van der Waals surface area (Å²) in [6.45, 7) is 0. The zero-order valence-electron chi connectivity index (χ0n) is 19.7. The van der Waals surface area contributed by atoms with Crippen LogP contribution in [-0.4, -0.2) is 30.1 Å². The largest absolute Gasteiger partial charge is 0.480 e. The van der Waals surface area contributed by atoms with Gasteiger partial charge in [-0.2, -0.15) is 0 Å². The van der Waals surface area contributed by atoms with E-state index in [0.717, 1.165) is 18.2 Å². The third-order valence-corrected chi connectivity index (χ3v) is 7.08. The molecule has 0 amide bonds. The molecule has 0 saturated heterocycles. The first kappa shape index (κ1) is 24.8. The van der Waals surface area contributed by atoms with Crippen molar-refractivity contribution >= 4 is 32.6 Å². The predicted octanol–water partition coefficient (Wildman–Crippen LogP) is 4.12. The van der Waals surface area contributed by atoms with E-state index in [1.165, 1.54) is 23.9 Å². The van der Waals surface area contributed by atoms with Gasteiger partial charge in [-0.1, -0.05) is 24.3 Å². The molecule has 0 saturated carbocycles. The van der Waals surface area contributed by atoms with Crippen molar-refractivity contribution in [2.45, 2.75) is 4.90 Å². The predicted molar refractivity (Wildman–Crippen MR) is 139 cm³/mol. The Labute approximate surface area is 215 Å². The molecule has 0 aliphatic heterocycles. The summed E-state index contributed by atoms with van der Waals surface area (Å²) in [5.41, 5.74) is 6.71. The molecule has 5 rings (SSSR count). The van der Waals surface area contributed by atoms with Gasteiger partial charge in [0, 0.05) is 17.8 Å². The summed E-state index contributed by atoms with van der Waals surface area (Å²) in [5.74, 6) is -2.04. The van der Waals surface area contributed by atoms with Crippen LogP contribution in [0.5, 0.6) is 5.88 Å². The highest BCUT2D eigenvalue weighted by atomic mass is 32.2. The molecule has 0 aliphatic carbocycles. The van der Waals surface area contributed by atoms with Crippen LogP contribution in [0.2, 0.25) is 0 Å². The first-order valence-electron chi connectivity index (χ1n) is 11.1. The Morgan fingerprint density at radius 1 is 0.974 bits per heavy atom. The number of halogens is 2. The summed E-state index contributed by atoms with van der Waals surface area (Å²) in [6.07, 6.45) is 1.36. The van der Waals surface area contributed by atoms with Gasteiger partial charge in [-0.3, -0.25) is 9.52 Å². The minimum absolute atomic E-state index is 0.0107. The van der Waals surface area contributed by atoms with Crippen LogP contribution in [0.15, 0.2) is 88.7 Å². The van der Waals surface area contributed by atoms with Gasteiger partial charge in [-0.05, 0) is 48.0 Å². The molecule has 3 N–H and O–H groups in total. The van der Waals surface area contributed by atoms with Crippen LogP contribution in [0.1, 0.15) is 0 Å². The van der Waals surface area contributed by atoms with Crippen molar-refractivity contribution in [2.24, 2.45) is 0 Å². The van der Waals surface area contributed by atoms with Gasteiger partial charge in [-0.25, -0.2) is 31.7 Å². The first-order chi connectivity index (χ1) is 18.2. The molecular weight excluding hydrogens is 516 g/mol. The molecule has 192 valence electrons. The lowest BCUT2D eigenvalue weighted by Crippen LogP contribution is -2.23. The molecule has 0 spiro atoms. The number of aromatic nitrogens is 3. The van der Waals surface area contributed by atoms with Gasteiger partial charge in [0.05, 0.1) is 29.4 Å². The molecule has 0 atom stereocenters. The number of hydrogen-bond acceptors (Lipinski definition) is 7. The molecule has 0 aliphatic rings. The number of hydrogen-bond donors (Lipinski definition) is 2. The van der Waals surface area contributed by atoms with Crippen molar-refractivity contribution < 1.29 is 21.9 Å². The van der Waals surface area contributed by atoms with E-state index in [9.17, 15) is 22.0 Å². The lowest BCUT2D eigenvalue weighted by atomic mass is 10.1. The van der Waals surface area contributed by atoms with E-state index in [1.807, 2.05) is 4.72 Å². The van der Waals surface area contributed by atoms with E-state index in [-0.39, 0.29) is 17.2 Å². The molecule has 38 heavy (non-hydrogen) atoms. The fraction of sp³-hybridized carbons (Fsp3) is 0.0385. The van der Waals surface area contributed by atoms with Crippen LogP contribution >= 0.6 is 0 Å². The molecule has 0 unspecified atom stereocenters. The van der Waals surface area contributed by atoms with Crippen LogP contribution in [0.25, 0.3) is 27.7 Å². The van der Waals surface area contributed by atoms with E-state index in [0.29, 0.717) is 22.3 Å². The monoisotopic (exact) mass is 535 g/mol. The SMILES string of the molecule is COc1ncc(-c2ccc3nc(N)n(-c4ccccc4)c(=O)c3c2)cc1S(=O)(=O)Nc1cc(F)ccc1F. The second-order valence-electron chi connectivity index (χ2n) is 8.14. The minimum Gasteiger partial charge on any atom is -0.480 e. The van der Waals surface area contributed by atoms with Crippen molar-refractivity contribution in [1.82, 2.24) is 14.5 Å². The van der Waals surface area contributed by atoms with E-state index >= 15 is 0 Å². The van der Waals surface area contributed by atoms with Crippen LogP contribution in [-0.2, 0) is 10.0 Å². The molecule has 2 heterocycles. The van der Waals surface area contributed by atoms with Gasteiger partial charge in [-0.15, -0.1) is 0 Å². The van der Waals surface area contributed by atoms with E-state index in [1.54, 1.807) is 48.5 Å². The average Bonchev–Trinajstić information content (AvgIpc) is 2.91. The van der Waals surface area contributed by atoms with Crippen LogP contribution < -0.4 is 20.8 Å². The average molecular weight is 536 g/mol. The zero-order chi connectivity index (χ0) is 27.0. The number of nitrogens with zero attached hydrogens (tertiary/aromatic N) is 3. The number of ether oxygens (including phenoxy) is 1. The van der Waals surface area contributed by atoms with Gasteiger partial charge in [0.1, 0.15) is 16.5 Å². The molecule has 5 aromatic rings. The fourth-order valence-electron chi connectivity index (χ4n) is 3.92. The third kappa shape index (κ3) is 4.52. The number of anilines is 2. The number of nitrogens with two attached hydrogens (primary N) is 1. The van der Waals surface area contributed by atoms with Crippen LogP contribution in [0.4, 0.5) is 20.4 Å². The molecule has 3 aromatic carbocycles. The normalized spacial score (nSPS) is 11.4. The number of methoxy groups -OCH3 is 1. The van der Waals surface area contributed by atoms with Crippen molar-refractivity contribution in [3.8, 4) is 22.7 Å². The Bertz CT molecular complexity index is 1860. The molecule has 2 aromatic heterocycles. The molecule has 9 nitrogen and oxygen atoms in total. The Kier molecular flexibility index (Phi) is 6.25. The third-order valence-electron chi connectivity index (χ3n) is 5.72. The topological polar surface area (TPSA) is 129 Å². The van der Waals surface area contributed by atoms with Crippen molar-refractivity contribution in [3.05, 3.63) is 101 Å². The van der Waals surface area contributed by atoms with Gasteiger partial charge in [0.2, 0.25) is 11.8 Å². The first-order valence-corrected chi connectivity index (χ1v) is 12.6. The molecular formula is C26H19F2N5O4S. The maximum absolute atomic E-state index is 14.1. The summed E-state index contributed by atoms with van der Waals surface area (Å²) in [6, 6.07) is 17.2. The lowest BCUT2D eigenvalue weighted by molar-refractivity contribution is 0.385. The molecule has 0 radical (unpaired) electrons. The molecule has 0 fully saturated rings. The highest BCUT2D eigenvalue weighted by molar-refractivity contribution is 7.92. The van der Waals surface area contributed by atoms with Crippen molar-refractivity contribution in [1.29, 1.82) is 0 Å². The Morgan fingerprint density at radius 2 is 1.74 bits per heavy atom. The summed E-state index contributed by atoms with van der Waals surface area (Å²) in [4.78, 5) is 21.3. The van der Waals surface area contributed by atoms with E-state index < -0.39 is 37.8 Å². The second kappa shape index (κ2) is 9.56. The summed E-state index contributed by atoms with van der Waals surface area (Å²) in [5, 5.41) is 0.237. The highest BCUT2D eigenvalue weighted by Crippen LogP contribution is 2.31. The standard InChI is InChI=1S/C26H19F2N5O4S/c1-37-24-23(38(35,36)32-22-13-17(27)8-9-20(22)28)12-16(14-30-24)15-7-10-21-19(11-15)25(34)33(26(29)31-21)18-5-3-2-4-6-18/h2-14,32H,1H3,(H2,29,31). The second-order valence-corrected chi connectivity index (χ2v) is 9.79. The fourth-order valence-corrected chi connectivity index (χ4v) is 5.12. The Balaban J connectivity index is 1.62. The Hall–Kier alpha value is -4.84. The number of rotatable bonds is 6. The number of nitrogen functional groups attached to an aromatic ring is 1. The zero-order valence-corrected chi connectivity index (χ0v) is 20.5. The van der Waals surface area contributed by atoms with E-state index in [2.05, 4.69) is 9.97 Å². The number of pyridine rings is 1. The maximum atomic E-state index is 14.1. The van der Waals surface area contributed by atoms with Crippen LogP contribution in [0.3, 0.4) is 0 Å². The van der Waals surface area contributed by atoms with Crippen molar-refractivity contribution in [2.75, 3.05) is 17.6 Å². The van der Waals surface area contributed by atoms with Gasteiger partial charge < -0.3 is 10.5 Å². The summed E-state index contributed by atoms with van der Waals surface area (Å²) in [7, 11) is -3.24. The minimum atomic E-state index is -4.46. The Morgan fingerprint density at radius 3 is 2.47 bits per heavy atom. The number of nitrogens with one attached hydrogen (secondary N) is 1. The van der Waals surface area contributed by atoms with Gasteiger partial charge in [0.15, 0.2) is 0 Å². The summed E-state index contributed by atoms with van der Waals surface area (Å²) < 4.78 is 62.4. The number of benzene rings is 3.